The van der Waals surface area contributed by atoms with E-state index in [-0.39, 0.29) is 12.6 Å². The highest BCUT2D eigenvalue weighted by atomic mass is 35.5. The van der Waals surface area contributed by atoms with Crippen LogP contribution in [-0.4, -0.2) is 29.0 Å². The van der Waals surface area contributed by atoms with Crippen LogP contribution < -0.4 is 0 Å². The van der Waals surface area contributed by atoms with Crippen LogP contribution in [-0.2, 0) is 20.9 Å². The van der Waals surface area contributed by atoms with E-state index < -0.39 is 0 Å². The average Bonchev–Trinajstić information content (AvgIpc) is 2.89. The van der Waals surface area contributed by atoms with Gasteiger partial charge in [-0.2, -0.15) is 5.10 Å². The zero-order chi connectivity index (χ0) is 14.4. The van der Waals surface area contributed by atoms with Crippen LogP contribution >= 0.6 is 11.6 Å². The number of ether oxygens (including phenoxy) is 2. The molecule has 0 amide bonds. The van der Waals surface area contributed by atoms with Crippen molar-refractivity contribution in [2.75, 3.05) is 13.2 Å². The highest BCUT2D eigenvalue weighted by Gasteiger charge is 2.04. The van der Waals surface area contributed by atoms with Gasteiger partial charge in [0.1, 0.15) is 6.61 Å². The normalized spacial score (nSPS) is 10.5. The van der Waals surface area contributed by atoms with Crippen LogP contribution in [0.3, 0.4) is 0 Å². The van der Waals surface area contributed by atoms with Gasteiger partial charge in [0.15, 0.2) is 0 Å². The maximum absolute atomic E-state index is 11.1. The summed E-state index contributed by atoms with van der Waals surface area (Å²) < 4.78 is 11.7. The summed E-state index contributed by atoms with van der Waals surface area (Å²) in [7, 11) is 0. The summed E-state index contributed by atoms with van der Waals surface area (Å²) in [4.78, 5) is 11.1. The van der Waals surface area contributed by atoms with Gasteiger partial charge in [0, 0.05) is 16.8 Å². The lowest BCUT2D eigenvalue weighted by molar-refractivity contribution is -0.148. The Morgan fingerprint density at radius 2 is 2.10 bits per heavy atom. The molecule has 0 saturated heterocycles. The predicted octanol–water partition coefficient (Wildman–Crippen LogP) is 2.61. The highest BCUT2D eigenvalue weighted by molar-refractivity contribution is 6.30. The molecular formula is C14H15ClN2O3. The minimum atomic E-state index is -0.363. The summed E-state index contributed by atoms with van der Waals surface area (Å²) in [5, 5.41) is 4.91. The Balaban J connectivity index is 1.89. The molecule has 0 aliphatic rings. The fourth-order valence-electron chi connectivity index (χ4n) is 1.62. The topological polar surface area (TPSA) is 53.4 Å². The smallest absolute Gasteiger partial charge is 0.332 e. The number of benzene rings is 1. The molecular weight excluding hydrogens is 280 g/mol. The lowest BCUT2D eigenvalue weighted by Gasteiger charge is -2.02. The van der Waals surface area contributed by atoms with Crippen LogP contribution in [0.4, 0.5) is 0 Å². The predicted molar refractivity (Wildman–Crippen MR) is 74.9 cm³/mol. The van der Waals surface area contributed by atoms with E-state index in [0.717, 1.165) is 11.3 Å². The van der Waals surface area contributed by atoms with Crippen molar-refractivity contribution >= 4 is 17.6 Å². The van der Waals surface area contributed by atoms with Gasteiger partial charge in [0.25, 0.3) is 0 Å². The molecule has 1 aromatic carbocycles. The SMILES string of the molecule is CCOC(=O)COCc1cnn(-c2ccc(Cl)cc2)c1. The summed E-state index contributed by atoms with van der Waals surface area (Å²) in [5.74, 6) is -0.363. The summed E-state index contributed by atoms with van der Waals surface area (Å²) >= 11 is 5.83. The van der Waals surface area contributed by atoms with Crippen molar-refractivity contribution in [2.24, 2.45) is 0 Å². The minimum absolute atomic E-state index is 0.0556. The molecule has 106 valence electrons. The average molecular weight is 295 g/mol. The molecule has 0 aliphatic heterocycles. The van der Waals surface area contributed by atoms with E-state index in [4.69, 9.17) is 21.1 Å². The second-order valence-electron chi connectivity index (χ2n) is 4.07. The Kier molecular flexibility index (Phi) is 5.15. The van der Waals surface area contributed by atoms with Crippen molar-refractivity contribution in [3.8, 4) is 5.69 Å². The Labute approximate surface area is 122 Å². The largest absolute Gasteiger partial charge is 0.464 e. The van der Waals surface area contributed by atoms with E-state index in [1.807, 2.05) is 18.3 Å². The number of carbonyl (C=O) groups is 1. The van der Waals surface area contributed by atoms with Crippen molar-refractivity contribution in [3.05, 3.63) is 47.2 Å². The van der Waals surface area contributed by atoms with E-state index in [2.05, 4.69) is 5.10 Å². The number of aromatic nitrogens is 2. The van der Waals surface area contributed by atoms with Crippen LogP contribution in [0.1, 0.15) is 12.5 Å². The Hall–Kier alpha value is -1.85. The van der Waals surface area contributed by atoms with Crippen LogP contribution in [0, 0.1) is 0 Å². The molecule has 5 nitrogen and oxygen atoms in total. The van der Waals surface area contributed by atoms with E-state index >= 15 is 0 Å². The lowest BCUT2D eigenvalue weighted by atomic mass is 10.3. The Morgan fingerprint density at radius 1 is 1.35 bits per heavy atom. The maximum Gasteiger partial charge on any atom is 0.332 e. The number of nitrogens with zero attached hydrogens (tertiary/aromatic N) is 2. The van der Waals surface area contributed by atoms with Gasteiger partial charge in [-0.15, -0.1) is 0 Å². The minimum Gasteiger partial charge on any atom is -0.464 e. The number of rotatable bonds is 6. The lowest BCUT2D eigenvalue weighted by Crippen LogP contribution is -2.12. The van der Waals surface area contributed by atoms with Crippen molar-refractivity contribution < 1.29 is 14.3 Å². The van der Waals surface area contributed by atoms with Crippen LogP contribution in [0.5, 0.6) is 0 Å². The zero-order valence-electron chi connectivity index (χ0n) is 11.1. The van der Waals surface area contributed by atoms with Gasteiger partial charge in [0.2, 0.25) is 0 Å². The molecule has 2 rings (SSSR count). The molecule has 0 fully saturated rings. The highest BCUT2D eigenvalue weighted by Crippen LogP contribution is 2.13. The first-order chi connectivity index (χ1) is 9.69. The standard InChI is InChI=1S/C14H15ClN2O3/c1-2-20-14(18)10-19-9-11-7-16-17(8-11)13-5-3-12(15)4-6-13/h3-8H,2,9-10H2,1H3. The molecule has 0 aliphatic carbocycles. The molecule has 0 radical (unpaired) electrons. The number of hydrogen-bond acceptors (Lipinski definition) is 4. The van der Waals surface area contributed by atoms with Crippen molar-refractivity contribution in [1.82, 2.24) is 9.78 Å². The van der Waals surface area contributed by atoms with Gasteiger partial charge >= 0.3 is 5.97 Å². The summed E-state index contributed by atoms with van der Waals surface area (Å²) in [6.45, 7) is 2.37. The van der Waals surface area contributed by atoms with E-state index in [1.54, 1.807) is 29.9 Å². The van der Waals surface area contributed by atoms with Gasteiger partial charge in [-0.1, -0.05) is 11.6 Å². The van der Waals surface area contributed by atoms with Gasteiger partial charge in [0.05, 0.1) is 25.1 Å². The molecule has 2 aromatic rings. The third-order valence-electron chi connectivity index (χ3n) is 2.52. The molecule has 0 atom stereocenters. The first kappa shape index (κ1) is 14.6. The maximum atomic E-state index is 11.1. The van der Waals surface area contributed by atoms with Crippen molar-refractivity contribution in [3.63, 3.8) is 0 Å². The zero-order valence-corrected chi connectivity index (χ0v) is 11.8. The first-order valence-corrected chi connectivity index (χ1v) is 6.59. The number of hydrogen-bond donors (Lipinski definition) is 0. The van der Waals surface area contributed by atoms with Gasteiger partial charge in [-0.3, -0.25) is 0 Å². The summed E-state index contributed by atoms with van der Waals surface area (Å²) in [6.07, 6.45) is 3.54. The van der Waals surface area contributed by atoms with Crippen LogP contribution in [0.2, 0.25) is 5.02 Å². The quantitative estimate of drug-likeness (QED) is 0.769. The second kappa shape index (κ2) is 7.07. The fraction of sp³-hybridized carbons (Fsp3) is 0.286. The first-order valence-electron chi connectivity index (χ1n) is 6.22. The van der Waals surface area contributed by atoms with Crippen LogP contribution in [0.25, 0.3) is 5.69 Å². The molecule has 0 bridgehead atoms. The van der Waals surface area contributed by atoms with Gasteiger partial charge in [-0.25, -0.2) is 9.48 Å². The fourth-order valence-corrected chi connectivity index (χ4v) is 1.75. The van der Waals surface area contributed by atoms with Gasteiger partial charge in [-0.05, 0) is 31.2 Å². The van der Waals surface area contributed by atoms with Gasteiger partial charge < -0.3 is 9.47 Å². The Bertz CT molecular complexity index is 566. The molecule has 0 spiro atoms. The van der Waals surface area contributed by atoms with E-state index in [9.17, 15) is 4.79 Å². The number of carbonyl (C=O) groups excluding carboxylic acids is 1. The summed E-state index contributed by atoms with van der Waals surface area (Å²) in [5.41, 5.74) is 1.79. The number of halogens is 1. The molecule has 6 heteroatoms. The van der Waals surface area contributed by atoms with Crippen LogP contribution in [0.15, 0.2) is 36.7 Å². The van der Waals surface area contributed by atoms with Crippen molar-refractivity contribution in [2.45, 2.75) is 13.5 Å². The second-order valence-corrected chi connectivity index (χ2v) is 4.50. The van der Waals surface area contributed by atoms with Crippen molar-refractivity contribution in [1.29, 1.82) is 0 Å². The molecule has 0 unspecified atom stereocenters. The summed E-state index contributed by atoms with van der Waals surface area (Å²) in [6, 6.07) is 7.35. The Morgan fingerprint density at radius 3 is 2.80 bits per heavy atom. The molecule has 0 N–H and O–H groups in total. The third kappa shape index (κ3) is 4.08. The van der Waals surface area contributed by atoms with E-state index in [0.29, 0.717) is 18.2 Å². The molecule has 0 saturated carbocycles. The third-order valence-corrected chi connectivity index (χ3v) is 2.77. The molecule has 1 heterocycles. The monoisotopic (exact) mass is 294 g/mol. The van der Waals surface area contributed by atoms with E-state index in [1.165, 1.54) is 0 Å². The molecule has 20 heavy (non-hydrogen) atoms. The molecule has 1 aromatic heterocycles. The number of esters is 1.